The highest BCUT2D eigenvalue weighted by atomic mass is 127. The average molecular weight is 442 g/mol. The molecule has 0 heterocycles. The van der Waals surface area contributed by atoms with Crippen LogP contribution in [0.2, 0.25) is 0 Å². The van der Waals surface area contributed by atoms with Gasteiger partial charge < -0.3 is 20.7 Å². The molecule has 0 radical (unpaired) electrons. The smallest absolute Gasteiger partial charge is 0.407 e. The van der Waals surface area contributed by atoms with Crippen molar-refractivity contribution in [3.8, 4) is 0 Å². The highest BCUT2D eigenvalue weighted by Crippen LogP contribution is 2.08. The maximum Gasteiger partial charge on any atom is 0.407 e. The molecular weight excluding hydrogens is 407 g/mol. The van der Waals surface area contributed by atoms with Gasteiger partial charge >= 0.3 is 6.09 Å². The van der Waals surface area contributed by atoms with Crippen molar-refractivity contribution in [1.82, 2.24) is 16.0 Å². The highest BCUT2D eigenvalue weighted by molar-refractivity contribution is 14.0. The standard InChI is InChI=1S/C16H34N4O2.HI/c1-8-9-10-18-14(17-7)19-11-13(12(2)3)20-15(21)22-16(4,5)6;/h12-13H,8-11H2,1-7H3,(H,20,21)(H2,17,18,19);1H. The lowest BCUT2D eigenvalue weighted by molar-refractivity contribution is 0.0491. The predicted molar refractivity (Wildman–Crippen MR) is 108 cm³/mol. The minimum Gasteiger partial charge on any atom is -0.444 e. The Bertz CT molecular complexity index is 354. The zero-order chi connectivity index (χ0) is 17.2. The molecule has 0 aromatic rings. The molecule has 0 aliphatic rings. The van der Waals surface area contributed by atoms with E-state index in [1.807, 2.05) is 20.8 Å². The van der Waals surface area contributed by atoms with Crippen LogP contribution in [0.4, 0.5) is 4.79 Å². The number of carbonyl (C=O) groups excluding carboxylic acids is 1. The maximum absolute atomic E-state index is 11.9. The van der Waals surface area contributed by atoms with Gasteiger partial charge in [-0.1, -0.05) is 27.2 Å². The SMILES string of the molecule is CCCCNC(=NC)NCC(NC(=O)OC(C)(C)C)C(C)C.I. The lowest BCUT2D eigenvalue weighted by Gasteiger charge is -2.26. The van der Waals surface area contributed by atoms with Crippen LogP contribution >= 0.6 is 24.0 Å². The monoisotopic (exact) mass is 442 g/mol. The minimum absolute atomic E-state index is 0. The van der Waals surface area contributed by atoms with Crippen molar-refractivity contribution in [2.45, 2.75) is 66.0 Å². The number of rotatable bonds is 7. The number of nitrogens with one attached hydrogen (secondary N) is 3. The second-order valence-electron chi connectivity index (χ2n) is 6.73. The number of nitrogens with zero attached hydrogens (tertiary/aromatic N) is 1. The Hall–Kier alpha value is -0.730. The fourth-order valence-electron chi connectivity index (χ4n) is 1.72. The quantitative estimate of drug-likeness (QED) is 0.245. The van der Waals surface area contributed by atoms with Crippen LogP contribution in [-0.2, 0) is 4.74 Å². The molecule has 1 atom stereocenters. The van der Waals surface area contributed by atoms with Gasteiger partial charge in [-0.05, 0) is 33.1 Å². The Labute approximate surface area is 158 Å². The predicted octanol–water partition coefficient (Wildman–Crippen LogP) is 3.12. The van der Waals surface area contributed by atoms with E-state index in [9.17, 15) is 4.79 Å². The first-order valence-electron chi connectivity index (χ1n) is 8.13. The van der Waals surface area contributed by atoms with Gasteiger partial charge in [0.2, 0.25) is 0 Å². The van der Waals surface area contributed by atoms with Crippen molar-refractivity contribution in [2.75, 3.05) is 20.1 Å². The molecule has 6 nitrogen and oxygen atoms in total. The topological polar surface area (TPSA) is 74.8 Å². The minimum atomic E-state index is -0.489. The number of carbonyl (C=O) groups is 1. The highest BCUT2D eigenvalue weighted by Gasteiger charge is 2.21. The first-order valence-corrected chi connectivity index (χ1v) is 8.13. The normalized spacial score (nSPS) is 13.1. The fraction of sp³-hybridized carbons (Fsp3) is 0.875. The molecule has 1 unspecified atom stereocenters. The summed E-state index contributed by atoms with van der Waals surface area (Å²) in [6.07, 6.45) is 1.85. The van der Waals surface area contributed by atoms with Crippen molar-refractivity contribution < 1.29 is 9.53 Å². The molecule has 0 rings (SSSR count). The third-order valence-corrected chi connectivity index (χ3v) is 3.04. The lowest BCUT2D eigenvalue weighted by atomic mass is 10.0. The second-order valence-corrected chi connectivity index (χ2v) is 6.73. The Morgan fingerprint density at radius 1 is 1.22 bits per heavy atom. The third-order valence-electron chi connectivity index (χ3n) is 3.04. The Balaban J connectivity index is 0. The molecule has 138 valence electrons. The summed E-state index contributed by atoms with van der Waals surface area (Å²) in [5.74, 6) is 1.04. The third kappa shape index (κ3) is 13.4. The number of unbranched alkanes of at least 4 members (excludes halogenated alkanes) is 1. The number of alkyl carbamates (subject to hydrolysis) is 1. The number of amides is 1. The first kappa shape index (κ1) is 24.5. The Kier molecular flexibility index (Phi) is 13.5. The van der Waals surface area contributed by atoms with E-state index in [1.54, 1.807) is 7.05 Å². The molecule has 7 heteroatoms. The molecule has 0 aromatic heterocycles. The summed E-state index contributed by atoms with van der Waals surface area (Å²) in [5.41, 5.74) is -0.489. The summed E-state index contributed by atoms with van der Waals surface area (Å²) < 4.78 is 5.31. The average Bonchev–Trinajstić information content (AvgIpc) is 2.38. The van der Waals surface area contributed by atoms with E-state index < -0.39 is 5.60 Å². The van der Waals surface area contributed by atoms with Crippen LogP contribution in [0.3, 0.4) is 0 Å². The van der Waals surface area contributed by atoms with Crippen LogP contribution in [0, 0.1) is 5.92 Å². The molecule has 0 spiro atoms. The number of halogens is 1. The molecule has 0 aliphatic heterocycles. The van der Waals surface area contributed by atoms with E-state index in [1.165, 1.54) is 0 Å². The molecule has 1 amide bonds. The molecule has 3 N–H and O–H groups in total. The van der Waals surface area contributed by atoms with Crippen molar-refractivity contribution in [3.63, 3.8) is 0 Å². The Morgan fingerprint density at radius 3 is 2.26 bits per heavy atom. The summed E-state index contributed by atoms with van der Waals surface area (Å²) in [5, 5.41) is 9.41. The van der Waals surface area contributed by atoms with Gasteiger partial charge in [-0.25, -0.2) is 4.79 Å². The largest absolute Gasteiger partial charge is 0.444 e. The molecule has 0 bridgehead atoms. The van der Waals surface area contributed by atoms with Gasteiger partial charge in [0, 0.05) is 20.1 Å². The fourth-order valence-corrected chi connectivity index (χ4v) is 1.72. The van der Waals surface area contributed by atoms with Gasteiger partial charge in [0.25, 0.3) is 0 Å². The number of aliphatic imine (C=N–C) groups is 1. The van der Waals surface area contributed by atoms with Crippen molar-refractivity contribution in [1.29, 1.82) is 0 Å². The van der Waals surface area contributed by atoms with E-state index in [-0.39, 0.29) is 42.0 Å². The van der Waals surface area contributed by atoms with Crippen molar-refractivity contribution in [2.24, 2.45) is 10.9 Å². The number of ether oxygens (including phenoxy) is 1. The van der Waals surface area contributed by atoms with E-state index >= 15 is 0 Å². The van der Waals surface area contributed by atoms with E-state index in [4.69, 9.17) is 4.74 Å². The number of hydrogen-bond acceptors (Lipinski definition) is 3. The van der Waals surface area contributed by atoms with Gasteiger partial charge in [0.05, 0.1) is 6.04 Å². The van der Waals surface area contributed by atoms with Crippen molar-refractivity contribution in [3.05, 3.63) is 0 Å². The molecular formula is C16H35IN4O2. The summed E-state index contributed by atoms with van der Waals surface area (Å²) in [7, 11) is 1.74. The summed E-state index contributed by atoms with van der Waals surface area (Å²) in [4.78, 5) is 16.1. The van der Waals surface area contributed by atoms with Crippen LogP contribution in [0.15, 0.2) is 4.99 Å². The van der Waals surface area contributed by atoms with E-state index in [0.717, 1.165) is 25.3 Å². The molecule has 0 aliphatic carbocycles. The van der Waals surface area contributed by atoms with Crippen LogP contribution in [0.5, 0.6) is 0 Å². The van der Waals surface area contributed by atoms with Crippen LogP contribution < -0.4 is 16.0 Å². The summed E-state index contributed by atoms with van der Waals surface area (Å²) in [6, 6.07) is -0.0282. The lowest BCUT2D eigenvalue weighted by Crippen LogP contribution is -2.50. The van der Waals surface area contributed by atoms with E-state index in [0.29, 0.717) is 6.54 Å². The van der Waals surface area contributed by atoms with E-state index in [2.05, 4.69) is 41.7 Å². The molecule has 0 fully saturated rings. The van der Waals surface area contributed by atoms with Gasteiger partial charge in [0.1, 0.15) is 5.60 Å². The molecule has 0 saturated heterocycles. The molecule has 0 saturated carbocycles. The Morgan fingerprint density at radius 2 is 1.83 bits per heavy atom. The summed E-state index contributed by atoms with van der Waals surface area (Å²) in [6.45, 7) is 13.3. The van der Waals surface area contributed by atoms with Crippen molar-refractivity contribution >= 4 is 36.0 Å². The maximum atomic E-state index is 11.9. The van der Waals surface area contributed by atoms with Gasteiger partial charge in [-0.15, -0.1) is 24.0 Å². The van der Waals surface area contributed by atoms with Gasteiger partial charge in [-0.2, -0.15) is 0 Å². The van der Waals surface area contributed by atoms with Gasteiger partial charge in [-0.3, -0.25) is 4.99 Å². The molecule has 0 aromatic carbocycles. The van der Waals surface area contributed by atoms with Gasteiger partial charge in [0.15, 0.2) is 5.96 Å². The zero-order valence-electron chi connectivity index (χ0n) is 15.7. The first-order chi connectivity index (χ1) is 10.2. The molecule has 23 heavy (non-hydrogen) atoms. The number of hydrogen-bond donors (Lipinski definition) is 3. The summed E-state index contributed by atoms with van der Waals surface area (Å²) >= 11 is 0. The number of guanidine groups is 1. The van der Waals surface area contributed by atoms with Crippen LogP contribution in [0.1, 0.15) is 54.4 Å². The zero-order valence-corrected chi connectivity index (χ0v) is 18.0. The van der Waals surface area contributed by atoms with Crippen LogP contribution in [-0.4, -0.2) is 43.8 Å². The van der Waals surface area contributed by atoms with Crippen LogP contribution in [0.25, 0.3) is 0 Å². The second kappa shape index (κ2) is 12.7.